The van der Waals surface area contributed by atoms with Gasteiger partial charge in [0.15, 0.2) is 0 Å². The lowest BCUT2D eigenvalue weighted by atomic mass is 10.1. The van der Waals surface area contributed by atoms with E-state index < -0.39 is 0 Å². The summed E-state index contributed by atoms with van der Waals surface area (Å²) in [6, 6.07) is 13.2. The molecule has 0 amide bonds. The summed E-state index contributed by atoms with van der Waals surface area (Å²) >= 11 is 0. The Balaban J connectivity index is 1.56. The van der Waals surface area contributed by atoms with Crippen LogP contribution in [-0.2, 0) is 22.6 Å². The van der Waals surface area contributed by atoms with Crippen molar-refractivity contribution in [2.75, 3.05) is 18.5 Å². The summed E-state index contributed by atoms with van der Waals surface area (Å²) in [7, 11) is 0. The third-order valence-corrected chi connectivity index (χ3v) is 4.55. The first-order chi connectivity index (χ1) is 12.6. The van der Waals surface area contributed by atoms with Crippen LogP contribution in [0.1, 0.15) is 29.5 Å². The van der Waals surface area contributed by atoms with E-state index >= 15 is 0 Å². The molecule has 1 aliphatic rings. The van der Waals surface area contributed by atoms with Crippen LogP contribution in [0.25, 0.3) is 0 Å². The standard InChI is InChI=1S/C20H24N2O4/c1-15-11-18(22(23)24)5-6-20(15)21-13-16-3-2-4-17(12-16)14-26-19-7-9-25-10-8-19/h2-6,11-12,19,21H,7-10,13-14H2,1H3. The van der Waals surface area contributed by atoms with Crippen LogP contribution < -0.4 is 5.32 Å². The maximum Gasteiger partial charge on any atom is 0.269 e. The summed E-state index contributed by atoms with van der Waals surface area (Å²) in [5.74, 6) is 0. The number of hydrogen-bond acceptors (Lipinski definition) is 5. The molecule has 1 aliphatic heterocycles. The van der Waals surface area contributed by atoms with E-state index in [1.54, 1.807) is 12.1 Å². The van der Waals surface area contributed by atoms with E-state index in [9.17, 15) is 10.1 Å². The minimum Gasteiger partial charge on any atom is -0.381 e. The van der Waals surface area contributed by atoms with E-state index in [0.717, 1.165) is 48.4 Å². The van der Waals surface area contributed by atoms with Gasteiger partial charge < -0.3 is 14.8 Å². The van der Waals surface area contributed by atoms with Gasteiger partial charge in [0.25, 0.3) is 5.69 Å². The Morgan fingerprint density at radius 1 is 1.19 bits per heavy atom. The van der Waals surface area contributed by atoms with Gasteiger partial charge in [0, 0.05) is 37.6 Å². The lowest BCUT2D eigenvalue weighted by Crippen LogP contribution is -2.23. The van der Waals surface area contributed by atoms with Gasteiger partial charge in [-0.15, -0.1) is 0 Å². The van der Waals surface area contributed by atoms with E-state index in [2.05, 4.69) is 23.5 Å². The Morgan fingerprint density at radius 3 is 2.69 bits per heavy atom. The summed E-state index contributed by atoms with van der Waals surface area (Å²) in [5, 5.41) is 14.2. The fourth-order valence-corrected chi connectivity index (χ4v) is 3.04. The highest BCUT2D eigenvalue weighted by Crippen LogP contribution is 2.22. The topological polar surface area (TPSA) is 73.6 Å². The first-order valence-corrected chi connectivity index (χ1v) is 8.88. The van der Waals surface area contributed by atoms with E-state index in [1.165, 1.54) is 6.07 Å². The van der Waals surface area contributed by atoms with E-state index in [4.69, 9.17) is 9.47 Å². The number of nitrogens with one attached hydrogen (secondary N) is 1. The number of rotatable bonds is 7. The minimum atomic E-state index is -0.376. The van der Waals surface area contributed by atoms with Gasteiger partial charge in [-0.25, -0.2) is 0 Å². The second-order valence-electron chi connectivity index (χ2n) is 6.55. The van der Waals surface area contributed by atoms with Crippen molar-refractivity contribution >= 4 is 11.4 Å². The largest absolute Gasteiger partial charge is 0.381 e. The number of benzene rings is 2. The number of ether oxygens (including phenoxy) is 2. The SMILES string of the molecule is Cc1cc([N+](=O)[O-])ccc1NCc1cccc(COC2CCOCC2)c1. The third-order valence-electron chi connectivity index (χ3n) is 4.55. The smallest absolute Gasteiger partial charge is 0.269 e. The predicted octanol–water partition coefficient (Wildman–Crippen LogP) is 4.21. The van der Waals surface area contributed by atoms with Crippen LogP contribution >= 0.6 is 0 Å². The van der Waals surface area contributed by atoms with Gasteiger partial charge in [-0.1, -0.05) is 24.3 Å². The lowest BCUT2D eigenvalue weighted by molar-refractivity contribution is -0.384. The van der Waals surface area contributed by atoms with Crippen molar-refractivity contribution in [3.05, 3.63) is 69.3 Å². The van der Waals surface area contributed by atoms with Crippen LogP contribution in [0.3, 0.4) is 0 Å². The quantitative estimate of drug-likeness (QED) is 0.594. The molecule has 0 saturated carbocycles. The van der Waals surface area contributed by atoms with Crippen molar-refractivity contribution < 1.29 is 14.4 Å². The molecule has 6 nitrogen and oxygen atoms in total. The Bertz CT molecular complexity index is 757. The van der Waals surface area contributed by atoms with Crippen molar-refractivity contribution in [2.24, 2.45) is 0 Å². The van der Waals surface area contributed by atoms with Crippen LogP contribution in [0.5, 0.6) is 0 Å². The van der Waals surface area contributed by atoms with Crippen molar-refractivity contribution in [3.63, 3.8) is 0 Å². The summed E-state index contributed by atoms with van der Waals surface area (Å²) in [6.45, 7) is 4.69. The van der Waals surface area contributed by atoms with Crippen LogP contribution in [0.2, 0.25) is 0 Å². The average molecular weight is 356 g/mol. The first kappa shape index (κ1) is 18.4. The Kier molecular flexibility index (Phi) is 6.20. The van der Waals surface area contributed by atoms with Crippen molar-refractivity contribution in [1.82, 2.24) is 0 Å². The lowest BCUT2D eigenvalue weighted by Gasteiger charge is -2.22. The molecular weight excluding hydrogens is 332 g/mol. The molecule has 0 radical (unpaired) electrons. The number of nitrogens with zero attached hydrogens (tertiary/aromatic N) is 1. The number of aryl methyl sites for hydroxylation is 1. The zero-order valence-corrected chi connectivity index (χ0v) is 14.9. The van der Waals surface area contributed by atoms with E-state index in [-0.39, 0.29) is 16.7 Å². The Hall–Kier alpha value is -2.44. The fourth-order valence-electron chi connectivity index (χ4n) is 3.04. The van der Waals surface area contributed by atoms with Crippen LogP contribution in [0.4, 0.5) is 11.4 Å². The molecule has 138 valence electrons. The molecule has 0 spiro atoms. The second kappa shape index (κ2) is 8.78. The normalized spacial score (nSPS) is 15.0. The third kappa shape index (κ3) is 5.03. The van der Waals surface area contributed by atoms with Gasteiger partial charge in [-0.3, -0.25) is 10.1 Å². The maximum absolute atomic E-state index is 10.8. The molecule has 0 aromatic heterocycles. The molecular formula is C20H24N2O4. The number of nitro benzene ring substituents is 1. The van der Waals surface area contributed by atoms with Gasteiger partial charge in [-0.2, -0.15) is 0 Å². The molecule has 1 saturated heterocycles. The zero-order chi connectivity index (χ0) is 18.4. The highest BCUT2D eigenvalue weighted by molar-refractivity contribution is 5.55. The van der Waals surface area contributed by atoms with Crippen LogP contribution in [-0.4, -0.2) is 24.2 Å². The summed E-state index contributed by atoms with van der Waals surface area (Å²) in [6.07, 6.45) is 2.20. The molecule has 2 aromatic rings. The average Bonchev–Trinajstić information content (AvgIpc) is 2.66. The fraction of sp³-hybridized carbons (Fsp3) is 0.400. The van der Waals surface area contributed by atoms with Gasteiger partial charge in [0.2, 0.25) is 0 Å². The molecule has 1 fully saturated rings. The van der Waals surface area contributed by atoms with Gasteiger partial charge in [0.05, 0.1) is 17.6 Å². The second-order valence-corrected chi connectivity index (χ2v) is 6.55. The molecule has 26 heavy (non-hydrogen) atoms. The van der Waals surface area contributed by atoms with Gasteiger partial charge in [-0.05, 0) is 42.5 Å². The number of hydrogen-bond donors (Lipinski definition) is 1. The predicted molar refractivity (Wildman–Crippen MR) is 100 cm³/mol. The Morgan fingerprint density at radius 2 is 1.96 bits per heavy atom. The van der Waals surface area contributed by atoms with Crippen molar-refractivity contribution in [3.8, 4) is 0 Å². The summed E-state index contributed by atoms with van der Waals surface area (Å²) in [5.41, 5.74) is 4.17. The minimum absolute atomic E-state index is 0.111. The van der Waals surface area contributed by atoms with Crippen LogP contribution in [0.15, 0.2) is 42.5 Å². The van der Waals surface area contributed by atoms with E-state index in [0.29, 0.717) is 13.2 Å². The molecule has 3 rings (SSSR count). The molecule has 6 heteroatoms. The molecule has 0 atom stereocenters. The molecule has 2 aromatic carbocycles. The van der Waals surface area contributed by atoms with Crippen molar-refractivity contribution in [2.45, 2.75) is 39.0 Å². The summed E-state index contributed by atoms with van der Waals surface area (Å²) in [4.78, 5) is 10.4. The molecule has 0 bridgehead atoms. The van der Waals surface area contributed by atoms with Crippen LogP contribution in [0, 0.1) is 17.0 Å². The van der Waals surface area contributed by atoms with E-state index in [1.807, 2.05) is 13.0 Å². The van der Waals surface area contributed by atoms with Gasteiger partial charge >= 0.3 is 0 Å². The Labute approximate surface area is 153 Å². The highest BCUT2D eigenvalue weighted by atomic mass is 16.6. The molecule has 0 unspecified atom stereocenters. The van der Waals surface area contributed by atoms with Gasteiger partial charge in [0.1, 0.15) is 0 Å². The maximum atomic E-state index is 10.8. The van der Waals surface area contributed by atoms with Crippen molar-refractivity contribution in [1.29, 1.82) is 0 Å². The number of anilines is 1. The number of non-ortho nitro benzene ring substituents is 1. The highest BCUT2D eigenvalue weighted by Gasteiger charge is 2.14. The summed E-state index contributed by atoms with van der Waals surface area (Å²) < 4.78 is 11.3. The zero-order valence-electron chi connectivity index (χ0n) is 14.9. The molecule has 1 heterocycles. The number of nitro groups is 1. The molecule has 0 aliphatic carbocycles. The monoisotopic (exact) mass is 356 g/mol. The first-order valence-electron chi connectivity index (χ1n) is 8.88. The molecule has 1 N–H and O–H groups in total.